The summed E-state index contributed by atoms with van der Waals surface area (Å²) in [6.07, 6.45) is 3.51. The number of carbonyl (C=O) groups is 2. The Morgan fingerprint density at radius 1 is 1.35 bits per heavy atom. The highest BCUT2D eigenvalue weighted by Crippen LogP contribution is 2.11. The van der Waals surface area contributed by atoms with Crippen molar-refractivity contribution in [3.05, 3.63) is 22.4 Å². The standard InChI is InChI=1S/C16H24N2O4S/c19-15(6-8-18-16(20)14-5-2-11-23-14)17-7-3-9-21-12-13-4-1-10-22-13/h2,5,11,13H,1,3-4,6-10,12H2,(H,17,19)(H,18,20)/t13-/m1/s1. The van der Waals surface area contributed by atoms with Gasteiger partial charge in [0.1, 0.15) is 0 Å². The molecule has 0 radical (unpaired) electrons. The first-order valence-electron chi connectivity index (χ1n) is 8.03. The van der Waals surface area contributed by atoms with Crippen molar-refractivity contribution >= 4 is 23.2 Å². The maximum Gasteiger partial charge on any atom is 0.261 e. The van der Waals surface area contributed by atoms with E-state index in [2.05, 4.69) is 10.6 Å². The summed E-state index contributed by atoms with van der Waals surface area (Å²) in [6.45, 7) is 3.03. The van der Waals surface area contributed by atoms with E-state index >= 15 is 0 Å². The summed E-state index contributed by atoms with van der Waals surface area (Å²) in [5, 5.41) is 7.40. The molecule has 2 rings (SSSR count). The van der Waals surface area contributed by atoms with Crippen LogP contribution >= 0.6 is 11.3 Å². The molecule has 0 bridgehead atoms. The molecule has 0 saturated carbocycles. The summed E-state index contributed by atoms with van der Waals surface area (Å²) in [4.78, 5) is 24.0. The number of rotatable bonds is 10. The molecule has 0 aromatic carbocycles. The Morgan fingerprint density at radius 2 is 2.26 bits per heavy atom. The van der Waals surface area contributed by atoms with Crippen LogP contribution in [-0.2, 0) is 14.3 Å². The number of amides is 2. The summed E-state index contributed by atoms with van der Waals surface area (Å²) >= 11 is 1.38. The van der Waals surface area contributed by atoms with Crippen molar-refractivity contribution < 1.29 is 19.1 Å². The maximum absolute atomic E-state index is 11.7. The third-order valence-electron chi connectivity index (χ3n) is 3.50. The molecule has 2 N–H and O–H groups in total. The van der Waals surface area contributed by atoms with E-state index in [1.807, 2.05) is 11.4 Å². The smallest absolute Gasteiger partial charge is 0.261 e. The van der Waals surface area contributed by atoms with Gasteiger partial charge in [-0.2, -0.15) is 0 Å². The molecular weight excluding hydrogens is 316 g/mol. The van der Waals surface area contributed by atoms with Gasteiger partial charge in [0.2, 0.25) is 5.91 Å². The first-order chi connectivity index (χ1) is 11.3. The van der Waals surface area contributed by atoms with Crippen LogP contribution in [0.5, 0.6) is 0 Å². The number of nitrogens with one attached hydrogen (secondary N) is 2. The topological polar surface area (TPSA) is 76.7 Å². The molecule has 6 nitrogen and oxygen atoms in total. The van der Waals surface area contributed by atoms with E-state index in [0.717, 1.165) is 25.9 Å². The summed E-state index contributed by atoms with van der Waals surface area (Å²) in [5.74, 6) is -0.189. The van der Waals surface area contributed by atoms with Gasteiger partial charge in [0.05, 0.1) is 17.6 Å². The highest BCUT2D eigenvalue weighted by atomic mass is 32.1. The number of hydrogen-bond acceptors (Lipinski definition) is 5. The lowest BCUT2D eigenvalue weighted by Gasteiger charge is -2.10. The summed E-state index contributed by atoms with van der Waals surface area (Å²) in [6, 6.07) is 3.59. The fourth-order valence-corrected chi connectivity index (χ4v) is 2.91. The molecule has 128 valence electrons. The average Bonchev–Trinajstić information content (AvgIpc) is 3.23. The van der Waals surface area contributed by atoms with E-state index in [9.17, 15) is 9.59 Å². The number of hydrogen-bond donors (Lipinski definition) is 2. The van der Waals surface area contributed by atoms with Crippen molar-refractivity contribution in [2.24, 2.45) is 0 Å². The second-order valence-corrected chi connectivity index (χ2v) is 6.34. The number of thiophene rings is 1. The third-order valence-corrected chi connectivity index (χ3v) is 4.37. The minimum Gasteiger partial charge on any atom is -0.379 e. The molecule has 1 atom stereocenters. The van der Waals surface area contributed by atoms with Gasteiger partial charge in [-0.1, -0.05) is 6.07 Å². The summed E-state index contributed by atoms with van der Waals surface area (Å²) in [5.41, 5.74) is 0. The average molecular weight is 340 g/mol. The molecule has 0 unspecified atom stereocenters. The van der Waals surface area contributed by atoms with Crippen LogP contribution in [0.1, 0.15) is 35.4 Å². The van der Waals surface area contributed by atoms with Crippen LogP contribution in [0.15, 0.2) is 17.5 Å². The van der Waals surface area contributed by atoms with Gasteiger partial charge in [0.25, 0.3) is 5.91 Å². The summed E-state index contributed by atoms with van der Waals surface area (Å²) < 4.78 is 11.0. The van der Waals surface area contributed by atoms with E-state index in [-0.39, 0.29) is 24.3 Å². The lowest BCUT2D eigenvalue weighted by Crippen LogP contribution is -2.31. The maximum atomic E-state index is 11.7. The molecule has 1 saturated heterocycles. The van der Waals surface area contributed by atoms with Gasteiger partial charge >= 0.3 is 0 Å². The van der Waals surface area contributed by atoms with Gasteiger partial charge in [-0.15, -0.1) is 11.3 Å². The Kier molecular flexibility index (Phi) is 8.06. The predicted molar refractivity (Wildman–Crippen MR) is 88.7 cm³/mol. The van der Waals surface area contributed by atoms with Crippen LogP contribution < -0.4 is 10.6 Å². The minimum absolute atomic E-state index is 0.0596. The molecule has 0 spiro atoms. The van der Waals surface area contributed by atoms with Gasteiger partial charge < -0.3 is 20.1 Å². The largest absolute Gasteiger partial charge is 0.379 e. The van der Waals surface area contributed by atoms with Crippen molar-refractivity contribution in [3.63, 3.8) is 0 Å². The Bertz CT molecular complexity index is 472. The second kappa shape index (κ2) is 10.4. The monoisotopic (exact) mass is 340 g/mol. The molecule has 1 aliphatic heterocycles. The fraction of sp³-hybridized carbons (Fsp3) is 0.625. The van der Waals surface area contributed by atoms with Crippen molar-refractivity contribution in [1.29, 1.82) is 0 Å². The van der Waals surface area contributed by atoms with Crippen molar-refractivity contribution in [2.75, 3.05) is 32.9 Å². The zero-order chi connectivity index (χ0) is 16.3. The molecule has 7 heteroatoms. The zero-order valence-corrected chi connectivity index (χ0v) is 14.0. The van der Waals surface area contributed by atoms with Gasteiger partial charge in [-0.3, -0.25) is 9.59 Å². The van der Waals surface area contributed by atoms with Gasteiger partial charge in [0.15, 0.2) is 0 Å². The van der Waals surface area contributed by atoms with E-state index in [4.69, 9.17) is 9.47 Å². The zero-order valence-electron chi connectivity index (χ0n) is 13.2. The van der Waals surface area contributed by atoms with Gasteiger partial charge in [-0.25, -0.2) is 0 Å². The fourth-order valence-electron chi connectivity index (χ4n) is 2.27. The minimum atomic E-state index is -0.129. The predicted octanol–water partition coefficient (Wildman–Crippen LogP) is 1.57. The van der Waals surface area contributed by atoms with E-state index in [1.54, 1.807) is 6.07 Å². The summed E-state index contributed by atoms with van der Waals surface area (Å²) in [7, 11) is 0. The molecule has 2 heterocycles. The van der Waals surface area contributed by atoms with Crippen LogP contribution in [0, 0.1) is 0 Å². The normalized spacial score (nSPS) is 17.1. The molecule has 1 fully saturated rings. The second-order valence-electron chi connectivity index (χ2n) is 5.40. The Hall–Kier alpha value is -1.44. The molecule has 1 aliphatic rings. The van der Waals surface area contributed by atoms with E-state index in [0.29, 0.717) is 31.2 Å². The quantitative estimate of drug-likeness (QED) is 0.634. The highest BCUT2D eigenvalue weighted by molar-refractivity contribution is 7.12. The molecular formula is C16H24N2O4S. The third kappa shape index (κ3) is 7.11. The molecule has 1 aromatic heterocycles. The molecule has 2 amide bonds. The molecule has 23 heavy (non-hydrogen) atoms. The van der Waals surface area contributed by atoms with Crippen LogP contribution in [0.25, 0.3) is 0 Å². The van der Waals surface area contributed by atoms with Gasteiger partial charge in [-0.05, 0) is 30.7 Å². The number of ether oxygens (including phenoxy) is 2. The Labute approximate surface area is 140 Å². The van der Waals surface area contributed by atoms with Crippen molar-refractivity contribution in [3.8, 4) is 0 Å². The van der Waals surface area contributed by atoms with Crippen molar-refractivity contribution in [2.45, 2.75) is 31.8 Å². The van der Waals surface area contributed by atoms with Crippen LogP contribution in [0.4, 0.5) is 0 Å². The van der Waals surface area contributed by atoms with Crippen LogP contribution in [0.2, 0.25) is 0 Å². The lowest BCUT2D eigenvalue weighted by atomic mass is 10.2. The van der Waals surface area contributed by atoms with E-state index < -0.39 is 0 Å². The first kappa shape index (κ1) is 17.9. The molecule has 0 aliphatic carbocycles. The van der Waals surface area contributed by atoms with Crippen molar-refractivity contribution in [1.82, 2.24) is 10.6 Å². The van der Waals surface area contributed by atoms with Crippen LogP contribution in [-0.4, -0.2) is 50.8 Å². The molecule has 1 aromatic rings. The van der Waals surface area contributed by atoms with Gasteiger partial charge in [0, 0.05) is 32.7 Å². The Morgan fingerprint density at radius 3 is 3.00 bits per heavy atom. The SMILES string of the molecule is O=C(CCNC(=O)c1cccs1)NCCCOC[C@H]1CCCO1. The highest BCUT2D eigenvalue weighted by Gasteiger charge is 2.14. The number of carbonyl (C=O) groups excluding carboxylic acids is 2. The van der Waals surface area contributed by atoms with E-state index in [1.165, 1.54) is 11.3 Å². The lowest BCUT2D eigenvalue weighted by molar-refractivity contribution is -0.121. The first-order valence-corrected chi connectivity index (χ1v) is 8.91. The van der Waals surface area contributed by atoms with Crippen LogP contribution in [0.3, 0.4) is 0 Å². The Balaban J connectivity index is 1.41.